The van der Waals surface area contributed by atoms with E-state index in [4.69, 9.17) is 10.5 Å². The van der Waals surface area contributed by atoms with E-state index in [1.54, 1.807) is 0 Å². The van der Waals surface area contributed by atoms with Crippen LogP contribution >= 0.6 is 0 Å². The Morgan fingerprint density at radius 3 is 2.70 bits per heavy atom. The molecule has 0 saturated heterocycles. The summed E-state index contributed by atoms with van der Waals surface area (Å²) in [7, 11) is 0. The molecule has 0 aromatic heterocycles. The Bertz CT molecular complexity index is 392. The molecule has 0 atom stereocenters. The first-order valence-corrected chi connectivity index (χ1v) is 7.63. The molecular formula is C16H26N2O2. The highest BCUT2D eigenvalue weighted by atomic mass is 16.5. The number of nitrogen functional groups attached to an aromatic ring is 1. The van der Waals surface area contributed by atoms with Crippen molar-refractivity contribution in [2.45, 2.75) is 38.1 Å². The number of nitrogens with two attached hydrogens (primary N) is 1. The van der Waals surface area contributed by atoms with Crippen molar-refractivity contribution in [1.29, 1.82) is 0 Å². The second-order valence-corrected chi connectivity index (χ2v) is 5.47. The lowest BCUT2D eigenvalue weighted by Gasteiger charge is -2.33. The molecule has 0 unspecified atom stereocenters. The predicted molar refractivity (Wildman–Crippen MR) is 81.9 cm³/mol. The molecule has 2 rings (SSSR count). The second kappa shape index (κ2) is 8.12. The Morgan fingerprint density at radius 2 is 2.00 bits per heavy atom. The van der Waals surface area contributed by atoms with Crippen LogP contribution in [-0.2, 0) is 0 Å². The standard InChI is InChI=1S/C16H26N2O2/c17-14-5-4-8-16(13-14)20-12-10-18(9-11-19)15-6-2-1-3-7-15/h4-5,8,13,15,19H,1-3,6-7,9-12,17H2. The average molecular weight is 278 g/mol. The predicted octanol–water partition coefficient (Wildman–Crippen LogP) is 2.27. The molecule has 4 nitrogen and oxygen atoms in total. The van der Waals surface area contributed by atoms with Crippen molar-refractivity contribution >= 4 is 5.69 Å². The third-order valence-corrected chi connectivity index (χ3v) is 3.98. The Balaban J connectivity index is 1.79. The summed E-state index contributed by atoms with van der Waals surface area (Å²) in [5, 5.41) is 9.22. The van der Waals surface area contributed by atoms with Gasteiger partial charge in [-0.05, 0) is 25.0 Å². The number of rotatable bonds is 7. The molecule has 0 spiro atoms. The van der Waals surface area contributed by atoms with Crippen molar-refractivity contribution in [2.24, 2.45) is 0 Å². The van der Waals surface area contributed by atoms with Gasteiger partial charge in [-0.15, -0.1) is 0 Å². The van der Waals surface area contributed by atoms with Gasteiger partial charge in [-0.25, -0.2) is 0 Å². The van der Waals surface area contributed by atoms with Gasteiger partial charge in [0.05, 0.1) is 6.61 Å². The van der Waals surface area contributed by atoms with E-state index >= 15 is 0 Å². The van der Waals surface area contributed by atoms with Crippen LogP contribution in [0.5, 0.6) is 5.75 Å². The number of nitrogens with zero attached hydrogens (tertiary/aromatic N) is 1. The van der Waals surface area contributed by atoms with Crippen LogP contribution in [0.1, 0.15) is 32.1 Å². The van der Waals surface area contributed by atoms with Gasteiger partial charge in [0.2, 0.25) is 0 Å². The van der Waals surface area contributed by atoms with Gasteiger partial charge >= 0.3 is 0 Å². The minimum Gasteiger partial charge on any atom is -0.492 e. The Labute approximate surface area is 121 Å². The highest BCUT2D eigenvalue weighted by Crippen LogP contribution is 2.22. The number of aliphatic hydroxyl groups is 1. The molecule has 1 aromatic carbocycles. The zero-order valence-electron chi connectivity index (χ0n) is 12.1. The first-order chi connectivity index (χ1) is 9.79. The molecule has 0 aliphatic heterocycles. The summed E-state index contributed by atoms with van der Waals surface area (Å²) in [6, 6.07) is 8.13. The van der Waals surface area contributed by atoms with Crippen LogP contribution in [0.15, 0.2) is 24.3 Å². The third-order valence-electron chi connectivity index (χ3n) is 3.98. The van der Waals surface area contributed by atoms with Crippen molar-refractivity contribution in [3.8, 4) is 5.75 Å². The van der Waals surface area contributed by atoms with Crippen LogP contribution in [0.2, 0.25) is 0 Å². The zero-order valence-corrected chi connectivity index (χ0v) is 12.1. The number of hydrogen-bond acceptors (Lipinski definition) is 4. The van der Waals surface area contributed by atoms with Gasteiger partial charge < -0.3 is 15.6 Å². The Hall–Kier alpha value is -1.26. The molecule has 0 bridgehead atoms. The fraction of sp³-hybridized carbons (Fsp3) is 0.625. The normalized spacial score (nSPS) is 16.5. The fourth-order valence-corrected chi connectivity index (χ4v) is 2.94. The zero-order chi connectivity index (χ0) is 14.2. The lowest BCUT2D eigenvalue weighted by molar-refractivity contribution is 0.106. The minimum atomic E-state index is 0.217. The van der Waals surface area contributed by atoms with Gasteiger partial charge in [0, 0.05) is 30.9 Å². The summed E-state index contributed by atoms with van der Waals surface area (Å²) in [4.78, 5) is 2.37. The summed E-state index contributed by atoms with van der Waals surface area (Å²) < 4.78 is 5.75. The maximum atomic E-state index is 9.22. The van der Waals surface area contributed by atoms with Crippen LogP contribution in [0.3, 0.4) is 0 Å². The van der Waals surface area contributed by atoms with E-state index in [0.29, 0.717) is 12.6 Å². The molecular weight excluding hydrogens is 252 g/mol. The SMILES string of the molecule is Nc1cccc(OCCN(CCO)C2CCCCC2)c1. The summed E-state index contributed by atoms with van der Waals surface area (Å²) in [5.74, 6) is 0.817. The molecule has 1 saturated carbocycles. The van der Waals surface area contributed by atoms with E-state index in [2.05, 4.69) is 4.90 Å². The topological polar surface area (TPSA) is 58.7 Å². The molecule has 20 heavy (non-hydrogen) atoms. The fourth-order valence-electron chi connectivity index (χ4n) is 2.94. The molecule has 0 amide bonds. The molecule has 4 heteroatoms. The van der Waals surface area contributed by atoms with Crippen LogP contribution in [0.4, 0.5) is 5.69 Å². The van der Waals surface area contributed by atoms with Gasteiger partial charge in [0.15, 0.2) is 0 Å². The highest BCUT2D eigenvalue weighted by Gasteiger charge is 2.20. The maximum absolute atomic E-state index is 9.22. The third kappa shape index (κ3) is 4.69. The highest BCUT2D eigenvalue weighted by molar-refractivity contribution is 5.43. The van der Waals surface area contributed by atoms with Gasteiger partial charge in [-0.1, -0.05) is 25.3 Å². The van der Waals surface area contributed by atoms with Crippen molar-refractivity contribution in [3.63, 3.8) is 0 Å². The first kappa shape index (κ1) is 15.1. The average Bonchev–Trinajstić information content (AvgIpc) is 2.47. The number of hydrogen-bond donors (Lipinski definition) is 2. The summed E-state index contributed by atoms with van der Waals surface area (Å²) >= 11 is 0. The van der Waals surface area contributed by atoms with E-state index in [1.807, 2.05) is 24.3 Å². The Kier molecular flexibility index (Phi) is 6.15. The van der Waals surface area contributed by atoms with E-state index in [1.165, 1.54) is 32.1 Å². The number of anilines is 1. The second-order valence-electron chi connectivity index (χ2n) is 5.47. The van der Waals surface area contributed by atoms with Gasteiger partial charge in [-0.2, -0.15) is 0 Å². The van der Waals surface area contributed by atoms with E-state index in [9.17, 15) is 5.11 Å². The number of ether oxygens (including phenoxy) is 1. The lowest BCUT2D eigenvalue weighted by Crippen LogP contribution is -2.41. The van der Waals surface area contributed by atoms with Gasteiger partial charge in [-0.3, -0.25) is 4.90 Å². The molecule has 0 radical (unpaired) electrons. The molecule has 1 aromatic rings. The smallest absolute Gasteiger partial charge is 0.121 e. The number of aliphatic hydroxyl groups excluding tert-OH is 1. The molecule has 1 aliphatic rings. The lowest BCUT2D eigenvalue weighted by atomic mass is 9.94. The molecule has 112 valence electrons. The van der Waals surface area contributed by atoms with Crippen LogP contribution < -0.4 is 10.5 Å². The Morgan fingerprint density at radius 1 is 1.20 bits per heavy atom. The first-order valence-electron chi connectivity index (χ1n) is 7.63. The van der Waals surface area contributed by atoms with Crippen LogP contribution in [0.25, 0.3) is 0 Å². The van der Waals surface area contributed by atoms with E-state index in [-0.39, 0.29) is 6.61 Å². The van der Waals surface area contributed by atoms with Crippen molar-refractivity contribution in [1.82, 2.24) is 4.90 Å². The summed E-state index contributed by atoms with van der Waals surface area (Å²) in [6.07, 6.45) is 6.46. The number of benzene rings is 1. The van der Waals surface area contributed by atoms with Crippen molar-refractivity contribution in [3.05, 3.63) is 24.3 Å². The monoisotopic (exact) mass is 278 g/mol. The molecule has 0 heterocycles. The van der Waals surface area contributed by atoms with E-state index in [0.717, 1.165) is 24.5 Å². The van der Waals surface area contributed by atoms with E-state index < -0.39 is 0 Å². The largest absolute Gasteiger partial charge is 0.492 e. The molecule has 3 N–H and O–H groups in total. The summed E-state index contributed by atoms with van der Waals surface area (Å²) in [6.45, 7) is 2.46. The van der Waals surface area contributed by atoms with Crippen LogP contribution in [0, 0.1) is 0 Å². The van der Waals surface area contributed by atoms with Crippen molar-refractivity contribution < 1.29 is 9.84 Å². The molecule has 1 aliphatic carbocycles. The minimum absolute atomic E-state index is 0.217. The van der Waals surface area contributed by atoms with Gasteiger partial charge in [0.25, 0.3) is 0 Å². The van der Waals surface area contributed by atoms with Gasteiger partial charge in [0.1, 0.15) is 12.4 Å². The molecule has 1 fully saturated rings. The quantitative estimate of drug-likeness (QED) is 0.751. The van der Waals surface area contributed by atoms with Crippen LogP contribution in [-0.4, -0.2) is 42.4 Å². The van der Waals surface area contributed by atoms with Crippen molar-refractivity contribution in [2.75, 3.05) is 32.0 Å². The maximum Gasteiger partial charge on any atom is 0.121 e. The summed E-state index contributed by atoms with van der Waals surface area (Å²) in [5.41, 5.74) is 6.46.